The first-order chi connectivity index (χ1) is 5.33. The molecule has 0 unspecified atom stereocenters. The van der Waals surface area contributed by atoms with Crippen LogP contribution in [0.4, 0.5) is 16.8 Å². The second-order valence-electron chi connectivity index (χ2n) is 2.06. The summed E-state index contributed by atoms with van der Waals surface area (Å²) in [5.41, 5.74) is 0. The van der Waals surface area contributed by atoms with Crippen molar-refractivity contribution in [3.8, 4) is 0 Å². The molecule has 0 saturated heterocycles. The zero-order valence-electron chi connectivity index (χ0n) is 5.75. The number of rotatable bonds is 2. The summed E-state index contributed by atoms with van der Waals surface area (Å²) in [5.74, 6) is 0. The SMILES string of the molecule is FP(F)(F)(F)Sc1ccccc1. The van der Waals surface area contributed by atoms with E-state index >= 15 is 0 Å². The maximum absolute atomic E-state index is 11.9. The molecule has 0 aromatic heterocycles. The molecule has 0 nitrogen and oxygen atoms in total. The molecule has 0 aliphatic rings. The standard InChI is InChI=1S/C6H5F4PS/c7-11(8,9,10)12-6-4-2-1-3-5-6/h1-5H. The molecular formula is C6H5F4PS. The molecule has 0 atom stereocenters. The number of hydrogen-bond donors (Lipinski definition) is 0. The van der Waals surface area contributed by atoms with Crippen molar-refractivity contribution in [2.24, 2.45) is 0 Å². The monoisotopic (exact) mass is 216 g/mol. The van der Waals surface area contributed by atoms with Crippen LogP contribution < -0.4 is 0 Å². The summed E-state index contributed by atoms with van der Waals surface area (Å²) in [6.45, 7) is 0. The minimum absolute atomic E-state index is 0.106. The topological polar surface area (TPSA) is 0 Å². The van der Waals surface area contributed by atoms with Crippen molar-refractivity contribution in [2.75, 3.05) is 0 Å². The Morgan fingerprint density at radius 2 is 1.42 bits per heavy atom. The first-order valence-corrected chi connectivity index (χ1v) is 6.19. The van der Waals surface area contributed by atoms with Gasteiger partial charge < -0.3 is 0 Å². The first-order valence-electron chi connectivity index (χ1n) is 2.97. The zero-order valence-corrected chi connectivity index (χ0v) is 7.46. The second-order valence-corrected chi connectivity index (χ2v) is 6.24. The van der Waals surface area contributed by atoms with Gasteiger partial charge in [0, 0.05) is 0 Å². The van der Waals surface area contributed by atoms with E-state index in [4.69, 9.17) is 0 Å². The number of halogens is 4. The third-order valence-corrected chi connectivity index (χ3v) is 3.21. The number of hydrogen-bond acceptors (Lipinski definition) is 1. The van der Waals surface area contributed by atoms with Gasteiger partial charge >= 0.3 is 70.4 Å². The molecule has 1 aromatic carbocycles. The third kappa shape index (κ3) is 3.93. The van der Waals surface area contributed by atoms with Crippen molar-refractivity contribution in [3.63, 3.8) is 0 Å². The predicted molar refractivity (Wildman–Crippen MR) is 43.7 cm³/mol. The summed E-state index contributed by atoms with van der Waals surface area (Å²) < 4.78 is 47.4. The van der Waals surface area contributed by atoms with Gasteiger partial charge in [-0.25, -0.2) is 0 Å². The van der Waals surface area contributed by atoms with Gasteiger partial charge in [-0.1, -0.05) is 0 Å². The molecule has 1 rings (SSSR count). The zero-order chi connectivity index (χ0) is 9.27. The van der Waals surface area contributed by atoms with E-state index in [1.54, 1.807) is 6.07 Å². The van der Waals surface area contributed by atoms with Gasteiger partial charge in [-0.3, -0.25) is 0 Å². The second kappa shape index (κ2) is 2.89. The van der Waals surface area contributed by atoms with Crippen LogP contribution in [0.5, 0.6) is 0 Å². The summed E-state index contributed by atoms with van der Waals surface area (Å²) in [4.78, 5) is -0.106. The number of benzene rings is 1. The molecule has 0 spiro atoms. The fraction of sp³-hybridized carbons (Fsp3) is 0. The van der Waals surface area contributed by atoms with E-state index in [1.807, 2.05) is 0 Å². The van der Waals surface area contributed by atoms with E-state index in [0.29, 0.717) is 0 Å². The molecule has 0 radical (unpaired) electrons. The summed E-state index contributed by atoms with van der Waals surface area (Å²) >= 11 is -0.633. The van der Waals surface area contributed by atoms with Crippen LogP contribution in [0.25, 0.3) is 0 Å². The molecule has 0 heterocycles. The van der Waals surface area contributed by atoms with Crippen molar-refractivity contribution >= 4 is 18.4 Å². The summed E-state index contributed by atoms with van der Waals surface area (Å²) in [5, 5.41) is 0. The molecule has 1 aromatic rings. The van der Waals surface area contributed by atoms with Crippen LogP contribution in [-0.2, 0) is 0 Å². The van der Waals surface area contributed by atoms with Crippen LogP contribution in [0.2, 0.25) is 0 Å². The Balaban J connectivity index is 2.79. The van der Waals surface area contributed by atoms with Gasteiger partial charge in [0.15, 0.2) is 0 Å². The van der Waals surface area contributed by atoms with E-state index in [-0.39, 0.29) is 4.90 Å². The van der Waals surface area contributed by atoms with Gasteiger partial charge in [0.1, 0.15) is 0 Å². The fourth-order valence-corrected chi connectivity index (χ4v) is 2.56. The molecule has 6 heteroatoms. The van der Waals surface area contributed by atoms with Gasteiger partial charge in [0.05, 0.1) is 0 Å². The van der Waals surface area contributed by atoms with E-state index < -0.39 is 18.4 Å². The Morgan fingerprint density at radius 3 is 1.83 bits per heavy atom. The van der Waals surface area contributed by atoms with Crippen LogP contribution in [0.15, 0.2) is 35.2 Å². The van der Waals surface area contributed by atoms with Crippen molar-refractivity contribution in [1.29, 1.82) is 0 Å². The van der Waals surface area contributed by atoms with Crippen LogP contribution in [0.1, 0.15) is 0 Å². The van der Waals surface area contributed by atoms with E-state index in [1.165, 1.54) is 24.3 Å². The van der Waals surface area contributed by atoms with Crippen molar-refractivity contribution in [1.82, 2.24) is 0 Å². The van der Waals surface area contributed by atoms with Crippen molar-refractivity contribution in [3.05, 3.63) is 30.3 Å². The van der Waals surface area contributed by atoms with E-state index in [9.17, 15) is 16.8 Å². The molecule has 0 aliphatic heterocycles. The normalized spacial score (nSPS) is 15.2. The van der Waals surface area contributed by atoms with Crippen LogP contribution in [0, 0.1) is 0 Å². The molecule has 0 fully saturated rings. The minimum atomic E-state index is -7.44. The van der Waals surface area contributed by atoms with Crippen molar-refractivity contribution < 1.29 is 16.8 Å². The average Bonchev–Trinajstić information content (AvgIpc) is 1.83. The van der Waals surface area contributed by atoms with E-state index in [0.717, 1.165) is 0 Å². The molecule has 0 N–H and O–H groups in total. The summed E-state index contributed by atoms with van der Waals surface area (Å²) in [6, 6.07) is 6.90. The Kier molecular flexibility index (Phi) is 2.36. The van der Waals surface area contributed by atoms with Gasteiger partial charge in [0.2, 0.25) is 0 Å². The van der Waals surface area contributed by atoms with Crippen molar-refractivity contribution in [2.45, 2.75) is 4.90 Å². The molecular weight excluding hydrogens is 211 g/mol. The van der Waals surface area contributed by atoms with Crippen LogP contribution in [-0.4, -0.2) is 0 Å². The molecule has 68 valence electrons. The molecule has 0 amide bonds. The molecule has 0 aliphatic carbocycles. The van der Waals surface area contributed by atoms with Gasteiger partial charge in [-0.2, -0.15) is 0 Å². The first kappa shape index (κ1) is 9.81. The maximum atomic E-state index is 11.9. The van der Waals surface area contributed by atoms with Gasteiger partial charge in [0.25, 0.3) is 0 Å². The van der Waals surface area contributed by atoms with Crippen LogP contribution in [0.3, 0.4) is 0 Å². The average molecular weight is 216 g/mol. The third-order valence-electron chi connectivity index (χ3n) is 0.987. The Hall–Kier alpha value is -0.280. The predicted octanol–water partition coefficient (Wildman–Crippen LogP) is 4.79. The Bertz CT molecular complexity index is 259. The fourth-order valence-electron chi connectivity index (χ4n) is 0.641. The summed E-state index contributed by atoms with van der Waals surface area (Å²) in [6.07, 6.45) is 0. The van der Waals surface area contributed by atoms with Gasteiger partial charge in [-0.05, 0) is 0 Å². The van der Waals surface area contributed by atoms with E-state index in [2.05, 4.69) is 0 Å². The van der Waals surface area contributed by atoms with Crippen LogP contribution >= 0.6 is 18.4 Å². The van der Waals surface area contributed by atoms with Gasteiger partial charge in [-0.15, -0.1) is 0 Å². The quantitative estimate of drug-likeness (QED) is 0.506. The Labute approximate surface area is 71.1 Å². The molecule has 0 saturated carbocycles. The Morgan fingerprint density at radius 1 is 0.917 bits per heavy atom. The molecule has 0 bridgehead atoms. The molecule has 12 heavy (non-hydrogen) atoms. The summed E-state index contributed by atoms with van der Waals surface area (Å²) in [7, 11) is -7.44.